The van der Waals surface area contributed by atoms with Crippen molar-refractivity contribution in [2.45, 2.75) is 61.3 Å². The summed E-state index contributed by atoms with van der Waals surface area (Å²) >= 11 is 0. The number of carbonyl (C=O) groups is 1. The van der Waals surface area contributed by atoms with Gasteiger partial charge in [0.1, 0.15) is 28.8 Å². The van der Waals surface area contributed by atoms with Crippen molar-refractivity contribution < 1.29 is 9.53 Å². The highest BCUT2D eigenvalue weighted by Gasteiger charge is 2.10. The van der Waals surface area contributed by atoms with E-state index in [0.29, 0.717) is 5.92 Å². The molecule has 9 heteroatoms. The number of amides is 1. The molecule has 3 aromatic heterocycles. The van der Waals surface area contributed by atoms with E-state index in [1.807, 2.05) is 97.5 Å². The number of nitrogens with zero attached hydrogens (tertiary/aromatic N) is 6. The predicted molar refractivity (Wildman–Crippen MR) is 187 cm³/mol. The van der Waals surface area contributed by atoms with Crippen LogP contribution in [-0.4, -0.2) is 50.1 Å². The van der Waals surface area contributed by atoms with Crippen LogP contribution >= 0.6 is 0 Å². The van der Waals surface area contributed by atoms with E-state index in [2.05, 4.69) is 60.6 Å². The Morgan fingerprint density at radius 1 is 1.11 bits per heavy atom. The molecule has 0 saturated carbocycles. The van der Waals surface area contributed by atoms with Crippen LogP contribution in [0.25, 0.3) is 5.52 Å². The van der Waals surface area contributed by atoms with Crippen molar-refractivity contribution in [2.75, 3.05) is 25.5 Å². The summed E-state index contributed by atoms with van der Waals surface area (Å²) in [5, 5.41) is 7.62. The Kier molecular flexibility index (Phi) is 17.1. The first-order valence-electron chi connectivity index (χ1n) is 15.3. The van der Waals surface area contributed by atoms with Gasteiger partial charge < -0.3 is 19.5 Å². The van der Waals surface area contributed by atoms with Crippen LogP contribution in [0.5, 0.6) is 11.5 Å². The summed E-state index contributed by atoms with van der Waals surface area (Å²) in [4.78, 5) is 21.8. The molecule has 9 nitrogen and oxygen atoms in total. The van der Waals surface area contributed by atoms with Crippen LogP contribution in [0.4, 0.5) is 11.5 Å². The van der Waals surface area contributed by atoms with Gasteiger partial charge in [0, 0.05) is 51.3 Å². The maximum absolute atomic E-state index is 11.3. The number of terminal acetylenes is 1. The third kappa shape index (κ3) is 11.6. The summed E-state index contributed by atoms with van der Waals surface area (Å²) < 4.78 is 9.82. The third-order valence-corrected chi connectivity index (χ3v) is 6.60. The molecule has 45 heavy (non-hydrogen) atoms. The number of benzene rings is 1. The summed E-state index contributed by atoms with van der Waals surface area (Å²) in [7, 11) is 3.72. The largest absolute Gasteiger partial charge is 0.457 e. The smallest absolute Gasteiger partial charge is 0.245 e. The zero-order chi connectivity index (χ0) is 33.9. The van der Waals surface area contributed by atoms with E-state index in [0.717, 1.165) is 71.1 Å². The van der Waals surface area contributed by atoms with E-state index >= 15 is 0 Å². The van der Waals surface area contributed by atoms with Crippen LogP contribution in [-0.2, 0) is 11.8 Å². The fourth-order valence-electron chi connectivity index (χ4n) is 4.28. The molecule has 0 aliphatic heterocycles. The molecule has 0 saturated heterocycles. The molecule has 0 aliphatic rings. The molecule has 0 fully saturated rings. The van der Waals surface area contributed by atoms with Gasteiger partial charge in [0.25, 0.3) is 0 Å². The standard InChI is InChI=1S/C21H22N6O.C11H21NO.C2H6.C2H2/c1-14-7-10-27-20(14)21(23-13-24-27)25-16-5-6-18(15(2)11-16)28-17-8-9-26(4)19(12-17)22-3;1-5-8-12(11(13)6-2)9-7-10(3)4;2*1-2/h5-13H,1-4H3,(H,23,24,25);6,10H,2,5,7-9H2,1,3-4H3;1-2H3;1-2H. The first-order chi connectivity index (χ1) is 21.7. The molecule has 0 unspecified atom stereocenters. The molecular formula is C36H51N7O2. The lowest BCUT2D eigenvalue weighted by molar-refractivity contribution is -0.126. The number of anilines is 2. The maximum atomic E-state index is 11.3. The van der Waals surface area contributed by atoms with Gasteiger partial charge in [-0.1, -0.05) is 41.2 Å². The molecule has 0 aliphatic carbocycles. The van der Waals surface area contributed by atoms with Crippen LogP contribution in [0.1, 0.15) is 58.6 Å². The van der Waals surface area contributed by atoms with Crippen molar-refractivity contribution in [1.82, 2.24) is 24.1 Å². The van der Waals surface area contributed by atoms with Gasteiger partial charge in [0.15, 0.2) is 5.82 Å². The van der Waals surface area contributed by atoms with Crippen molar-refractivity contribution in [3.05, 3.63) is 84.4 Å². The van der Waals surface area contributed by atoms with Gasteiger partial charge in [0.2, 0.25) is 5.91 Å². The summed E-state index contributed by atoms with van der Waals surface area (Å²) in [5.74, 6) is 3.03. The number of ether oxygens (including phenoxy) is 1. The van der Waals surface area contributed by atoms with Gasteiger partial charge in [-0.25, -0.2) is 9.50 Å². The summed E-state index contributed by atoms with van der Waals surface area (Å²) in [6.45, 7) is 19.7. The highest BCUT2D eigenvalue weighted by Crippen LogP contribution is 2.29. The lowest BCUT2D eigenvalue weighted by atomic mass is 10.1. The Morgan fingerprint density at radius 3 is 2.42 bits per heavy atom. The average molecular weight is 614 g/mol. The van der Waals surface area contributed by atoms with Crippen LogP contribution in [0.2, 0.25) is 0 Å². The molecule has 4 rings (SSSR count). The van der Waals surface area contributed by atoms with Gasteiger partial charge >= 0.3 is 0 Å². The second kappa shape index (κ2) is 20.2. The molecule has 1 amide bonds. The van der Waals surface area contributed by atoms with E-state index in [4.69, 9.17) is 4.74 Å². The third-order valence-electron chi connectivity index (χ3n) is 6.60. The second-order valence-electron chi connectivity index (χ2n) is 10.4. The summed E-state index contributed by atoms with van der Waals surface area (Å²) in [6, 6.07) is 11.8. The molecule has 3 heterocycles. The number of aromatic nitrogens is 4. The van der Waals surface area contributed by atoms with E-state index in [1.165, 1.54) is 6.08 Å². The number of aryl methyl sites for hydroxylation is 3. The number of nitrogens with one attached hydrogen (secondary N) is 1. The Hall–Kier alpha value is -4.84. The maximum Gasteiger partial charge on any atom is 0.245 e. The van der Waals surface area contributed by atoms with E-state index in [-0.39, 0.29) is 5.91 Å². The molecule has 0 radical (unpaired) electrons. The molecule has 1 aromatic carbocycles. The number of rotatable bonds is 10. The molecule has 4 aromatic rings. The SMILES string of the molecule is C#C.C=CC(=O)N(CCC)CCC(C)C.CC.CN=c1cc(Oc2ccc(Nc3ncnn4ccc(C)c34)cc2C)ccn1C. The van der Waals surface area contributed by atoms with Crippen molar-refractivity contribution in [3.8, 4) is 24.3 Å². The van der Waals surface area contributed by atoms with Crippen LogP contribution in [0.15, 0.2) is 72.8 Å². The van der Waals surface area contributed by atoms with Crippen molar-refractivity contribution in [1.29, 1.82) is 0 Å². The van der Waals surface area contributed by atoms with E-state index in [1.54, 1.807) is 13.4 Å². The van der Waals surface area contributed by atoms with E-state index in [9.17, 15) is 4.79 Å². The molecule has 1 N–H and O–H groups in total. The first kappa shape index (κ1) is 38.2. The highest BCUT2D eigenvalue weighted by atomic mass is 16.5. The Balaban J connectivity index is 0.000000505. The monoisotopic (exact) mass is 613 g/mol. The Bertz CT molecular complexity index is 1580. The van der Waals surface area contributed by atoms with Crippen molar-refractivity contribution in [2.24, 2.45) is 18.0 Å². The van der Waals surface area contributed by atoms with Gasteiger partial charge in [-0.15, -0.1) is 12.8 Å². The molecule has 242 valence electrons. The topological polar surface area (TPSA) is 89.1 Å². The summed E-state index contributed by atoms with van der Waals surface area (Å²) in [6.07, 6.45) is 16.9. The highest BCUT2D eigenvalue weighted by molar-refractivity contribution is 5.86. The minimum Gasteiger partial charge on any atom is -0.457 e. The van der Waals surface area contributed by atoms with Crippen LogP contribution in [0.3, 0.4) is 0 Å². The van der Waals surface area contributed by atoms with Gasteiger partial charge in [-0.3, -0.25) is 9.79 Å². The Morgan fingerprint density at radius 2 is 1.82 bits per heavy atom. The van der Waals surface area contributed by atoms with Crippen molar-refractivity contribution in [3.63, 3.8) is 0 Å². The fourth-order valence-corrected chi connectivity index (χ4v) is 4.28. The fraction of sp³-hybridized carbons (Fsp3) is 0.389. The normalized spacial score (nSPS) is 10.4. The van der Waals surface area contributed by atoms with Crippen LogP contribution < -0.4 is 15.5 Å². The lowest BCUT2D eigenvalue weighted by Crippen LogP contribution is -2.31. The average Bonchev–Trinajstić information content (AvgIpc) is 3.44. The number of pyridine rings is 1. The number of carbonyl (C=O) groups excluding carboxylic acids is 1. The van der Waals surface area contributed by atoms with Gasteiger partial charge in [0.05, 0.1) is 0 Å². The lowest BCUT2D eigenvalue weighted by Gasteiger charge is -2.21. The Labute approximate surface area is 269 Å². The molecule has 0 spiro atoms. The number of fused-ring (bicyclic) bond motifs is 1. The predicted octanol–water partition coefficient (Wildman–Crippen LogP) is 7.48. The van der Waals surface area contributed by atoms with Gasteiger partial charge in [-0.2, -0.15) is 5.10 Å². The number of hydrogen-bond acceptors (Lipinski definition) is 6. The number of hydrogen-bond donors (Lipinski definition) is 1. The van der Waals surface area contributed by atoms with Crippen LogP contribution in [0, 0.1) is 32.6 Å². The second-order valence-corrected chi connectivity index (χ2v) is 10.4. The van der Waals surface area contributed by atoms with E-state index < -0.39 is 0 Å². The minimum absolute atomic E-state index is 0.0579. The minimum atomic E-state index is 0.0579. The van der Waals surface area contributed by atoms with Crippen molar-refractivity contribution >= 4 is 22.9 Å². The quantitative estimate of drug-likeness (QED) is 0.148. The first-order valence-corrected chi connectivity index (χ1v) is 15.3. The molecule has 0 atom stereocenters. The summed E-state index contributed by atoms with van der Waals surface area (Å²) in [5.41, 5.74) is 4.89. The molecule has 0 bridgehead atoms. The zero-order valence-corrected chi connectivity index (χ0v) is 28.5. The van der Waals surface area contributed by atoms with Gasteiger partial charge in [-0.05, 0) is 80.1 Å². The molecular weight excluding hydrogens is 562 g/mol. The zero-order valence-electron chi connectivity index (χ0n) is 28.5.